The lowest BCUT2D eigenvalue weighted by molar-refractivity contribution is 0.202. The summed E-state index contributed by atoms with van der Waals surface area (Å²) in [5.74, 6) is 1.23. The molecule has 104 valence electrons. The molecule has 0 spiro atoms. The number of nitrogens with zero attached hydrogens (tertiary/aromatic N) is 2. The Morgan fingerprint density at radius 1 is 1.11 bits per heavy atom. The summed E-state index contributed by atoms with van der Waals surface area (Å²) in [6.45, 7) is 14.7. The van der Waals surface area contributed by atoms with Crippen LogP contribution in [-0.2, 0) is 0 Å². The fraction of sp³-hybridized carbons (Fsp3) is 0.786. The van der Waals surface area contributed by atoms with E-state index in [0.29, 0.717) is 11.8 Å². The van der Waals surface area contributed by atoms with Gasteiger partial charge in [-0.25, -0.2) is 4.98 Å². The molecule has 1 heterocycles. The summed E-state index contributed by atoms with van der Waals surface area (Å²) in [6.07, 6.45) is -0.420. The second kappa shape index (κ2) is 6.53. The first kappa shape index (κ1) is 15.4. The first-order valence-electron chi connectivity index (χ1n) is 6.71. The van der Waals surface area contributed by atoms with Crippen molar-refractivity contribution < 1.29 is 5.11 Å². The van der Waals surface area contributed by atoms with Crippen LogP contribution in [0.25, 0.3) is 0 Å². The lowest BCUT2D eigenvalue weighted by Crippen LogP contribution is -2.31. The van der Waals surface area contributed by atoms with E-state index in [1.165, 1.54) is 0 Å². The summed E-state index contributed by atoms with van der Waals surface area (Å²) in [5, 5.41) is 10.8. The van der Waals surface area contributed by atoms with Crippen molar-refractivity contribution in [2.45, 2.75) is 47.6 Å². The molecule has 1 rings (SSSR count). The molecule has 1 aromatic rings. The first-order valence-corrected chi connectivity index (χ1v) is 7.53. The van der Waals surface area contributed by atoms with Gasteiger partial charge in [0.25, 0.3) is 0 Å². The number of hydrogen-bond donors (Lipinski definition) is 1. The predicted octanol–water partition coefficient (Wildman–Crippen LogP) is 3.62. The second-order valence-electron chi connectivity index (χ2n) is 5.81. The number of aryl methyl sites for hydroxylation is 1. The topological polar surface area (TPSA) is 36.4 Å². The van der Waals surface area contributed by atoms with Gasteiger partial charge in [-0.05, 0) is 25.7 Å². The number of hydrogen-bond acceptors (Lipinski definition) is 4. The van der Waals surface area contributed by atoms with Crippen molar-refractivity contribution in [3.8, 4) is 0 Å². The number of aliphatic hydroxyl groups is 1. The SMILES string of the molecule is Cc1nc(N(CC(C)C)CC(C)C)sc1C(C)O. The van der Waals surface area contributed by atoms with Crippen LogP contribution in [0, 0.1) is 18.8 Å². The Hall–Kier alpha value is -0.610. The molecule has 4 heteroatoms. The maximum Gasteiger partial charge on any atom is 0.185 e. The highest BCUT2D eigenvalue weighted by molar-refractivity contribution is 7.15. The van der Waals surface area contributed by atoms with Crippen LogP contribution in [0.2, 0.25) is 0 Å². The van der Waals surface area contributed by atoms with Crippen LogP contribution in [0.5, 0.6) is 0 Å². The van der Waals surface area contributed by atoms with Crippen LogP contribution in [0.4, 0.5) is 5.13 Å². The van der Waals surface area contributed by atoms with Crippen molar-refractivity contribution in [1.82, 2.24) is 4.98 Å². The maximum atomic E-state index is 9.72. The molecule has 0 radical (unpaired) electrons. The normalized spacial score (nSPS) is 13.4. The molecule has 0 bridgehead atoms. The lowest BCUT2D eigenvalue weighted by atomic mass is 10.1. The third-order valence-corrected chi connectivity index (χ3v) is 4.03. The Bertz CT molecular complexity index is 362. The van der Waals surface area contributed by atoms with Gasteiger partial charge in [-0.3, -0.25) is 0 Å². The molecule has 1 unspecified atom stereocenters. The van der Waals surface area contributed by atoms with E-state index in [-0.39, 0.29) is 0 Å². The van der Waals surface area contributed by atoms with Crippen LogP contribution < -0.4 is 4.90 Å². The van der Waals surface area contributed by atoms with Crippen molar-refractivity contribution in [3.63, 3.8) is 0 Å². The van der Waals surface area contributed by atoms with E-state index in [1.54, 1.807) is 18.3 Å². The quantitative estimate of drug-likeness (QED) is 0.857. The van der Waals surface area contributed by atoms with Gasteiger partial charge in [-0.15, -0.1) is 0 Å². The fourth-order valence-electron chi connectivity index (χ4n) is 2.03. The van der Waals surface area contributed by atoms with E-state index in [0.717, 1.165) is 28.8 Å². The van der Waals surface area contributed by atoms with Crippen molar-refractivity contribution in [1.29, 1.82) is 0 Å². The van der Waals surface area contributed by atoms with Gasteiger partial charge in [0, 0.05) is 13.1 Å². The van der Waals surface area contributed by atoms with Gasteiger partial charge in [-0.1, -0.05) is 39.0 Å². The largest absolute Gasteiger partial charge is 0.388 e. The third-order valence-electron chi connectivity index (χ3n) is 2.64. The molecule has 0 aliphatic carbocycles. The van der Waals surface area contributed by atoms with Gasteiger partial charge in [0.05, 0.1) is 16.7 Å². The van der Waals surface area contributed by atoms with Crippen molar-refractivity contribution in [3.05, 3.63) is 10.6 Å². The minimum Gasteiger partial charge on any atom is -0.388 e. The number of aliphatic hydroxyl groups excluding tert-OH is 1. The maximum absolute atomic E-state index is 9.72. The molecule has 18 heavy (non-hydrogen) atoms. The minimum atomic E-state index is -0.420. The van der Waals surface area contributed by atoms with Gasteiger partial charge in [-0.2, -0.15) is 0 Å². The highest BCUT2D eigenvalue weighted by Gasteiger charge is 2.18. The minimum absolute atomic E-state index is 0.420. The van der Waals surface area contributed by atoms with Gasteiger partial charge in [0.2, 0.25) is 0 Å². The Kier molecular flexibility index (Phi) is 5.60. The zero-order valence-corrected chi connectivity index (χ0v) is 13.2. The molecule has 0 aliphatic rings. The van der Waals surface area contributed by atoms with Crippen LogP contribution in [0.15, 0.2) is 0 Å². The molecule has 1 N–H and O–H groups in total. The molecule has 0 saturated heterocycles. The van der Waals surface area contributed by atoms with Gasteiger partial charge in [0.1, 0.15) is 0 Å². The highest BCUT2D eigenvalue weighted by Crippen LogP contribution is 2.31. The fourth-order valence-corrected chi connectivity index (χ4v) is 3.05. The number of aromatic nitrogens is 1. The monoisotopic (exact) mass is 270 g/mol. The summed E-state index contributed by atoms with van der Waals surface area (Å²) in [7, 11) is 0. The molecule has 0 fully saturated rings. The molecular formula is C14H26N2OS. The number of rotatable bonds is 6. The Morgan fingerprint density at radius 2 is 1.61 bits per heavy atom. The Morgan fingerprint density at radius 3 is 1.94 bits per heavy atom. The van der Waals surface area contributed by atoms with E-state index in [4.69, 9.17) is 0 Å². The Balaban J connectivity index is 2.94. The van der Waals surface area contributed by atoms with Gasteiger partial charge in [0.15, 0.2) is 5.13 Å². The van der Waals surface area contributed by atoms with Crippen molar-refractivity contribution >= 4 is 16.5 Å². The van der Waals surface area contributed by atoms with Crippen LogP contribution in [0.1, 0.15) is 51.3 Å². The molecule has 0 aromatic carbocycles. The summed E-state index contributed by atoms with van der Waals surface area (Å²) < 4.78 is 0. The third kappa shape index (κ3) is 4.25. The zero-order chi connectivity index (χ0) is 13.9. The first-order chi connectivity index (χ1) is 8.31. The average Bonchev–Trinajstić information content (AvgIpc) is 2.57. The molecule has 0 amide bonds. The molecule has 1 atom stereocenters. The van der Waals surface area contributed by atoms with E-state index in [1.807, 2.05) is 6.92 Å². The summed E-state index contributed by atoms with van der Waals surface area (Å²) >= 11 is 1.62. The molecular weight excluding hydrogens is 244 g/mol. The number of anilines is 1. The predicted molar refractivity (Wildman–Crippen MR) is 79.4 cm³/mol. The smallest absolute Gasteiger partial charge is 0.185 e. The Labute approximate surface area is 115 Å². The molecule has 0 saturated carbocycles. The van der Waals surface area contributed by atoms with Gasteiger partial charge < -0.3 is 10.0 Å². The summed E-state index contributed by atoms with van der Waals surface area (Å²) in [6, 6.07) is 0. The molecule has 1 aromatic heterocycles. The zero-order valence-electron chi connectivity index (χ0n) is 12.4. The van der Waals surface area contributed by atoms with E-state index >= 15 is 0 Å². The van der Waals surface area contributed by atoms with Crippen LogP contribution in [0.3, 0.4) is 0 Å². The van der Waals surface area contributed by atoms with Crippen molar-refractivity contribution in [2.75, 3.05) is 18.0 Å². The van der Waals surface area contributed by atoms with Gasteiger partial charge >= 0.3 is 0 Å². The summed E-state index contributed by atoms with van der Waals surface area (Å²) in [5.41, 5.74) is 0.961. The summed E-state index contributed by atoms with van der Waals surface area (Å²) in [4.78, 5) is 7.96. The standard InChI is InChI=1S/C14H26N2OS/c1-9(2)7-16(8-10(3)4)14-15-11(5)13(18-14)12(6)17/h9-10,12,17H,7-8H2,1-6H3. The van der Waals surface area contributed by atoms with Crippen molar-refractivity contribution in [2.24, 2.45) is 11.8 Å². The van der Waals surface area contributed by atoms with E-state index in [9.17, 15) is 5.11 Å². The van der Waals surface area contributed by atoms with Crippen LogP contribution in [-0.4, -0.2) is 23.2 Å². The highest BCUT2D eigenvalue weighted by atomic mass is 32.1. The molecule has 3 nitrogen and oxygen atoms in total. The second-order valence-corrected chi connectivity index (χ2v) is 6.82. The van der Waals surface area contributed by atoms with E-state index < -0.39 is 6.10 Å². The lowest BCUT2D eigenvalue weighted by Gasteiger charge is -2.25. The van der Waals surface area contributed by atoms with Crippen LogP contribution >= 0.6 is 11.3 Å². The average molecular weight is 270 g/mol. The molecule has 0 aliphatic heterocycles. The van der Waals surface area contributed by atoms with E-state index in [2.05, 4.69) is 37.6 Å². The number of thiazole rings is 1.